The Morgan fingerprint density at radius 2 is 2.62 bits per heavy atom. The third kappa shape index (κ3) is 3.13. The van der Waals surface area contributed by atoms with Crippen LogP contribution in [0.25, 0.3) is 0 Å². The van der Waals surface area contributed by atoms with Crippen LogP contribution in [0.1, 0.15) is 31.0 Å². The predicted molar refractivity (Wildman–Crippen MR) is 54.4 cm³/mol. The molecule has 0 aliphatic carbocycles. The lowest BCUT2D eigenvalue weighted by molar-refractivity contribution is 0.523. The van der Waals surface area contributed by atoms with E-state index in [9.17, 15) is 0 Å². The van der Waals surface area contributed by atoms with E-state index < -0.39 is 0 Å². The molecule has 1 unspecified atom stereocenters. The van der Waals surface area contributed by atoms with Gasteiger partial charge in [0.2, 0.25) is 0 Å². The molecule has 0 saturated heterocycles. The minimum absolute atomic E-state index is 0.298. The maximum absolute atomic E-state index is 5.18. The zero-order chi connectivity index (χ0) is 9.52. The number of hydrogen-bond acceptors (Lipinski definition) is 4. The summed E-state index contributed by atoms with van der Waals surface area (Å²) >= 11 is 1.24. The molecule has 0 aliphatic rings. The van der Waals surface area contributed by atoms with Crippen LogP contribution < -0.4 is 5.32 Å². The molecular weight excluding hydrogens is 182 g/mol. The Hall–Kier alpha value is -0.920. The molecule has 1 N–H and O–H groups in total. The Kier molecular flexibility index (Phi) is 4.44. The van der Waals surface area contributed by atoms with Crippen LogP contribution in [0.2, 0.25) is 0 Å². The molecule has 13 heavy (non-hydrogen) atoms. The lowest BCUT2D eigenvalue weighted by Gasteiger charge is -2.11. The Balaban J connectivity index is 2.41. The fraction of sp³-hybridized carbons (Fsp3) is 0.556. The first-order valence-corrected chi connectivity index (χ1v) is 4.99. The molecule has 0 amide bonds. The zero-order valence-electron chi connectivity index (χ0n) is 7.66. The van der Waals surface area contributed by atoms with Crippen molar-refractivity contribution in [1.82, 2.24) is 14.1 Å². The lowest BCUT2D eigenvalue weighted by atomic mass is 10.1. The maximum atomic E-state index is 5.18. The first-order chi connectivity index (χ1) is 6.38. The summed E-state index contributed by atoms with van der Waals surface area (Å²) in [6, 6.07) is 0.298. The quantitative estimate of drug-likeness (QED) is 0.573. The second-order valence-electron chi connectivity index (χ2n) is 2.77. The number of terminal acetylenes is 1. The van der Waals surface area contributed by atoms with Gasteiger partial charge in [0.05, 0.1) is 29.7 Å². The van der Waals surface area contributed by atoms with Crippen molar-refractivity contribution in [3.8, 4) is 12.3 Å². The third-order valence-electron chi connectivity index (χ3n) is 1.90. The van der Waals surface area contributed by atoms with Crippen molar-refractivity contribution in [2.75, 3.05) is 7.05 Å². The molecule has 0 fully saturated rings. The van der Waals surface area contributed by atoms with E-state index in [1.807, 2.05) is 13.2 Å². The second kappa shape index (κ2) is 5.68. The van der Waals surface area contributed by atoms with Crippen LogP contribution in [0.3, 0.4) is 0 Å². The van der Waals surface area contributed by atoms with Gasteiger partial charge in [0, 0.05) is 6.42 Å². The van der Waals surface area contributed by atoms with E-state index in [0.29, 0.717) is 6.04 Å². The fourth-order valence-corrected chi connectivity index (χ4v) is 1.64. The Morgan fingerprint density at radius 1 is 1.77 bits per heavy atom. The van der Waals surface area contributed by atoms with Crippen LogP contribution in [0.5, 0.6) is 0 Å². The topological polar surface area (TPSA) is 37.8 Å². The molecule has 1 aromatic rings. The Labute approximate surface area is 82.9 Å². The van der Waals surface area contributed by atoms with E-state index in [-0.39, 0.29) is 0 Å². The van der Waals surface area contributed by atoms with Gasteiger partial charge in [0.15, 0.2) is 0 Å². The van der Waals surface area contributed by atoms with Gasteiger partial charge in [-0.05, 0) is 19.9 Å². The largest absolute Gasteiger partial charge is 0.312 e. The number of rotatable bonds is 5. The van der Waals surface area contributed by atoms with Crippen LogP contribution in [0, 0.1) is 12.3 Å². The van der Waals surface area contributed by atoms with Gasteiger partial charge in [-0.1, -0.05) is 0 Å². The normalized spacial score (nSPS) is 12.3. The summed E-state index contributed by atoms with van der Waals surface area (Å²) in [4.78, 5) is 0. The molecule has 0 bridgehead atoms. The van der Waals surface area contributed by atoms with Crippen molar-refractivity contribution < 1.29 is 0 Å². The van der Waals surface area contributed by atoms with Gasteiger partial charge in [-0.15, -0.1) is 12.3 Å². The summed E-state index contributed by atoms with van der Waals surface area (Å²) in [5.41, 5.74) is 1.02. The fourth-order valence-electron chi connectivity index (χ4n) is 1.17. The highest BCUT2D eigenvalue weighted by Crippen LogP contribution is 2.16. The highest BCUT2D eigenvalue weighted by molar-refractivity contribution is 6.99. The molecule has 0 spiro atoms. The average molecular weight is 195 g/mol. The first kappa shape index (κ1) is 10.2. The number of nitrogens with one attached hydrogen (secondary N) is 1. The number of unbranched alkanes of at least 4 members (excludes halogenated alkanes) is 1. The summed E-state index contributed by atoms with van der Waals surface area (Å²) in [5, 5.41) is 3.20. The van der Waals surface area contributed by atoms with Crippen molar-refractivity contribution in [1.29, 1.82) is 0 Å². The smallest absolute Gasteiger partial charge is 0.0912 e. The minimum atomic E-state index is 0.298. The molecule has 0 radical (unpaired) electrons. The Morgan fingerprint density at radius 3 is 3.15 bits per heavy atom. The summed E-state index contributed by atoms with van der Waals surface area (Å²) in [6.07, 6.45) is 9.86. The van der Waals surface area contributed by atoms with Crippen LogP contribution >= 0.6 is 11.7 Å². The van der Waals surface area contributed by atoms with E-state index in [2.05, 4.69) is 20.0 Å². The van der Waals surface area contributed by atoms with Crippen LogP contribution in [-0.4, -0.2) is 15.8 Å². The standard InChI is InChI=1S/C9H13N3S/c1-3-4-5-6-8(10-2)9-7-11-13-12-9/h1,7-8,10H,4-6H2,2H3. The van der Waals surface area contributed by atoms with E-state index >= 15 is 0 Å². The third-order valence-corrected chi connectivity index (χ3v) is 2.39. The molecule has 1 heterocycles. The van der Waals surface area contributed by atoms with Gasteiger partial charge in [0.1, 0.15) is 0 Å². The Bertz CT molecular complexity index is 263. The van der Waals surface area contributed by atoms with Gasteiger partial charge in [0.25, 0.3) is 0 Å². The average Bonchev–Trinajstić information content (AvgIpc) is 2.65. The van der Waals surface area contributed by atoms with Crippen LogP contribution in [0.15, 0.2) is 6.20 Å². The van der Waals surface area contributed by atoms with Gasteiger partial charge in [-0.3, -0.25) is 0 Å². The van der Waals surface area contributed by atoms with Crippen LogP contribution in [0.4, 0.5) is 0 Å². The number of aromatic nitrogens is 2. The molecule has 4 heteroatoms. The number of nitrogens with zero attached hydrogens (tertiary/aromatic N) is 2. The summed E-state index contributed by atoms with van der Waals surface area (Å²) in [6.45, 7) is 0. The van der Waals surface area contributed by atoms with E-state index in [0.717, 1.165) is 25.0 Å². The molecule has 1 atom stereocenters. The molecule has 0 saturated carbocycles. The van der Waals surface area contributed by atoms with Crippen molar-refractivity contribution in [3.05, 3.63) is 11.9 Å². The molecule has 70 valence electrons. The monoisotopic (exact) mass is 195 g/mol. The van der Waals surface area contributed by atoms with Crippen LogP contribution in [-0.2, 0) is 0 Å². The van der Waals surface area contributed by atoms with E-state index in [1.165, 1.54) is 11.7 Å². The predicted octanol–water partition coefficient (Wildman–Crippen LogP) is 1.60. The van der Waals surface area contributed by atoms with Crippen molar-refractivity contribution in [2.24, 2.45) is 0 Å². The summed E-state index contributed by atoms with van der Waals surface area (Å²) in [7, 11) is 1.93. The summed E-state index contributed by atoms with van der Waals surface area (Å²) < 4.78 is 8.15. The van der Waals surface area contributed by atoms with Crippen molar-refractivity contribution >= 4 is 11.7 Å². The van der Waals surface area contributed by atoms with E-state index in [4.69, 9.17) is 6.42 Å². The van der Waals surface area contributed by atoms with Gasteiger partial charge in [-0.2, -0.15) is 8.75 Å². The number of hydrogen-bond donors (Lipinski definition) is 1. The molecule has 3 nitrogen and oxygen atoms in total. The molecule has 0 aromatic carbocycles. The lowest BCUT2D eigenvalue weighted by Crippen LogP contribution is -2.16. The highest BCUT2D eigenvalue weighted by Gasteiger charge is 2.10. The SMILES string of the molecule is C#CCCCC(NC)c1cnsn1. The maximum Gasteiger partial charge on any atom is 0.0912 e. The van der Waals surface area contributed by atoms with Crippen molar-refractivity contribution in [2.45, 2.75) is 25.3 Å². The van der Waals surface area contributed by atoms with Gasteiger partial charge in [-0.25, -0.2) is 0 Å². The molecule has 0 aliphatic heterocycles. The van der Waals surface area contributed by atoms with Gasteiger partial charge >= 0.3 is 0 Å². The second-order valence-corrected chi connectivity index (χ2v) is 3.33. The summed E-state index contributed by atoms with van der Waals surface area (Å²) in [5.74, 6) is 2.63. The van der Waals surface area contributed by atoms with Crippen molar-refractivity contribution in [3.63, 3.8) is 0 Å². The minimum Gasteiger partial charge on any atom is -0.312 e. The molecule has 1 rings (SSSR count). The molecular formula is C9H13N3S. The zero-order valence-corrected chi connectivity index (χ0v) is 8.47. The van der Waals surface area contributed by atoms with E-state index in [1.54, 1.807) is 0 Å². The highest BCUT2D eigenvalue weighted by atomic mass is 32.1. The first-order valence-electron chi connectivity index (χ1n) is 4.26. The molecule has 1 aromatic heterocycles. The van der Waals surface area contributed by atoms with Gasteiger partial charge < -0.3 is 5.32 Å².